The fourth-order valence-corrected chi connectivity index (χ4v) is 1.05. The molecule has 0 bridgehead atoms. The number of hydrogen-bond acceptors (Lipinski definition) is 4. The molecular formula is C7H7N3O2. The maximum absolute atomic E-state index is 10.7. The third-order valence-electron chi connectivity index (χ3n) is 1.63. The summed E-state index contributed by atoms with van der Waals surface area (Å²) in [6, 6.07) is 0. The van der Waals surface area contributed by atoms with Crippen LogP contribution < -0.4 is 5.32 Å². The van der Waals surface area contributed by atoms with Crippen LogP contribution >= 0.6 is 0 Å². The molecule has 1 N–H and O–H groups in total. The minimum atomic E-state index is -0.385. The normalized spacial score (nSPS) is 21.7. The fourth-order valence-electron chi connectivity index (χ4n) is 1.05. The topological polar surface area (TPSA) is 64.1 Å². The zero-order valence-electron chi connectivity index (χ0n) is 6.23. The highest BCUT2D eigenvalue weighted by Crippen LogP contribution is 2.18. The SMILES string of the molecule is O=C1NCC(c2cncnc2)O1. The molecule has 0 aliphatic carbocycles. The van der Waals surface area contributed by atoms with Crippen LogP contribution in [0.1, 0.15) is 11.7 Å². The summed E-state index contributed by atoms with van der Waals surface area (Å²) in [5, 5.41) is 2.55. The average molecular weight is 165 g/mol. The van der Waals surface area contributed by atoms with Gasteiger partial charge >= 0.3 is 6.09 Å². The van der Waals surface area contributed by atoms with Crippen molar-refractivity contribution >= 4 is 6.09 Å². The van der Waals surface area contributed by atoms with Gasteiger partial charge in [-0.2, -0.15) is 0 Å². The minimum absolute atomic E-state index is 0.237. The first-order chi connectivity index (χ1) is 5.86. The van der Waals surface area contributed by atoms with E-state index in [1.165, 1.54) is 6.33 Å². The number of nitrogens with one attached hydrogen (secondary N) is 1. The largest absolute Gasteiger partial charge is 0.439 e. The summed E-state index contributed by atoms with van der Waals surface area (Å²) in [6.07, 6.45) is 4.09. The van der Waals surface area contributed by atoms with Gasteiger partial charge in [0, 0.05) is 18.0 Å². The molecule has 2 rings (SSSR count). The molecule has 1 atom stereocenters. The van der Waals surface area contributed by atoms with E-state index in [1.807, 2.05) is 0 Å². The van der Waals surface area contributed by atoms with Crippen LogP contribution in [0.5, 0.6) is 0 Å². The number of hydrogen-bond donors (Lipinski definition) is 1. The summed E-state index contributed by atoms with van der Waals surface area (Å²) in [5.74, 6) is 0. The van der Waals surface area contributed by atoms with Crippen LogP contribution in [0.3, 0.4) is 0 Å². The zero-order valence-corrected chi connectivity index (χ0v) is 6.23. The molecule has 0 saturated carbocycles. The number of alkyl carbamates (subject to hydrolysis) is 1. The highest BCUT2D eigenvalue weighted by molar-refractivity contribution is 5.69. The molecule has 12 heavy (non-hydrogen) atoms. The van der Waals surface area contributed by atoms with Crippen molar-refractivity contribution in [1.82, 2.24) is 15.3 Å². The number of carbonyl (C=O) groups is 1. The van der Waals surface area contributed by atoms with Gasteiger partial charge < -0.3 is 10.1 Å². The van der Waals surface area contributed by atoms with Crippen LogP contribution in [0, 0.1) is 0 Å². The number of rotatable bonds is 1. The van der Waals surface area contributed by atoms with Crippen molar-refractivity contribution in [3.63, 3.8) is 0 Å². The second-order valence-corrected chi connectivity index (χ2v) is 2.45. The highest BCUT2D eigenvalue weighted by Gasteiger charge is 2.24. The van der Waals surface area contributed by atoms with Crippen molar-refractivity contribution in [3.8, 4) is 0 Å². The third kappa shape index (κ3) is 1.20. The molecule has 2 heterocycles. The molecule has 1 amide bonds. The van der Waals surface area contributed by atoms with Crippen molar-refractivity contribution in [2.45, 2.75) is 6.10 Å². The Balaban J connectivity index is 2.16. The number of nitrogens with zero attached hydrogens (tertiary/aromatic N) is 2. The number of amides is 1. The van der Waals surface area contributed by atoms with Crippen molar-refractivity contribution in [3.05, 3.63) is 24.3 Å². The van der Waals surface area contributed by atoms with E-state index in [9.17, 15) is 4.79 Å². The molecule has 1 aliphatic rings. The standard InChI is InChI=1S/C7H7N3O2/c11-7-10-3-6(12-7)5-1-8-4-9-2-5/h1-2,4,6H,3H2,(H,10,11). The Hall–Kier alpha value is -1.65. The summed E-state index contributed by atoms with van der Waals surface area (Å²) in [4.78, 5) is 18.3. The summed E-state index contributed by atoms with van der Waals surface area (Å²) >= 11 is 0. The second-order valence-electron chi connectivity index (χ2n) is 2.45. The van der Waals surface area contributed by atoms with Crippen LogP contribution in [0.2, 0.25) is 0 Å². The monoisotopic (exact) mass is 165 g/mol. The number of carbonyl (C=O) groups excluding carboxylic acids is 1. The Morgan fingerprint density at radius 2 is 2.25 bits per heavy atom. The van der Waals surface area contributed by atoms with E-state index in [1.54, 1.807) is 12.4 Å². The molecule has 1 unspecified atom stereocenters. The van der Waals surface area contributed by atoms with Gasteiger partial charge in [0.1, 0.15) is 12.4 Å². The summed E-state index contributed by atoms with van der Waals surface area (Å²) < 4.78 is 4.92. The lowest BCUT2D eigenvalue weighted by atomic mass is 10.2. The first-order valence-electron chi connectivity index (χ1n) is 3.55. The number of cyclic esters (lactones) is 1. The molecule has 0 radical (unpaired) electrons. The van der Waals surface area contributed by atoms with Gasteiger partial charge in [0.25, 0.3) is 0 Å². The molecular weight excluding hydrogens is 158 g/mol. The summed E-state index contributed by atoms with van der Waals surface area (Å²) in [5.41, 5.74) is 0.816. The molecule has 1 aromatic heterocycles. The van der Waals surface area contributed by atoms with Crippen LogP contribution in [0.25, 0.3) is 0 Å². The van der Waals surface area contributed by atoms with Gasteiger partial charge in [0.2, 0.25) is 0 Å². The van der Waals surface area contributed by atoms with Crippen LogP contribution in [-0.4, -0.2) is 22.6 Å². The maximum Gasteiger partial charge on any atom is 0.407 e. The van der Waals surface area contributed by atoms with Crippen molar-refractivity contribution in [1.29, 1.82) is 0 Å². The summed E-state index contributed by atoms with van der Waals surface area (Å²) in [7, 11) is 0. The Labute approximate surface area is 68.8 Å². The van der Waals surface area contributed by atoms with Gasteiger partial charge in [0.05, 0.1) is 6.54 Å². The van der Waals surface area contributed by atoms with Crippen molar-refractivity contribution < 1.29 is 9.53 Å². The predicted octanol–water partition coefficient (Wildman–Crippen LogP) is 0.258. The van der Waals surface area contributed by atoms with E-state index in [0.717, 1.165) is 5.56 Å². The third-order valence-corrected chi connectivity index (χ3v) is 1.63. The number of aromatic nitrogens is 2. The van der Waals surface area contributed by atoms with Crippen LogP contribution in [0.15, 0.2) is 18.7 Å². The van der Waals surface area contributed by atoms with E-state index in [4.69, 9.17) is 4.74 Å². The van der Waals surface area contributed by atoms with E-state index in [0.29, 0.717) is 6.54 Å². The molecule has 5 heteroatoms. The first-order valence-corrected chi connectivity index (χ1v) is 3.55. The van der Waals surface area contributed by atoms with Gasteiger partial charge in [-0.15, -0.1) is 0 Å². The molecule has 1 aromatic rings. The van der Waals surface area contributed by atoms with Crippen molar-refractivity contribution in [2.75, 3.05) is 6.54 Å². The lowest BCUT2D eigenvalue weighted by Crippen LogP contribution is -2.12. The Morgan fingerprint density at radius 3 is 2.83 bits per heavy atom. The predicted molar refractivity (Wildman–Crippen MR) is 39.3 cm³/mol. The van der Waals surface area contributed by atoms with Crippen LogP contribution in [-0.2, 0) is 4.74 Å². The summed E-state index contributed by atoms with van der Waals surface area (Å²) in [6.45, 7) is 0.492. The maximum atomic E-state index is 10.7. The molecule has 1 saturated heterocycles. The van der Waals surface area contributed by atoms with E-state index in [-0.39, 0.29) is 12.2 Å². The Bertz CT molecular complexity index is 288. The molecule has 0 aromatic carbocycles. The van der Waals surface area contributed by atoms with Gasteiger partial charge in [0.15, 0.2) is 0 Å². The fraction of sp³-hybridized carbons (Fsp3) is 0.286. The molecule has 5 nitrogen and oxygen atoms in total. The quantitative estimate of drug-likeness (QED) is 0.648. The van der Waals surface area contributed by atoms with E-state index >= 15 is 0 Å². The van der Waals surface area contributed by atoms with E-state index in [2.05, 4.69) is 15.3 Å². The second kappa shape index (κ2) is 2.77. The molecule has 62 valence electrons. The van der Waals surface area contributed by atoms with Gasteiger partial charge in [-0.3, -0.25) is 0 Å². The smallest absolute Gasteiger partial charge is 0.407 e. The molecule has 1 aliphatic heterocycles. The lowest BCUT2D eigenvalue weighted by molar-refractivity contribution is 0.141. The van der Waals surface area contributed by atoms with Crippen LogP contribution in [0.4, 0.5) is 4.79 Å². The zero-order chi connectivity index (χ0) is 8.39. The van der Waals surface area contributed by atoms with Gasteiger partial charge in [-0.05, 0) is 0 Å². The van der Waals surface area contributed by atoms with Gasteiger partial charge in [-0.25, -0.2) is 14.8 Å². The highest BCUT2D eigenvalue weighted by atomic mass is 16.6. The van der Waals surface area contributed by atoms with Crippen molar-refractivity contribution in [2.24, 2.45) is 0 Å². The average Bonchev–Trinajstić information content (AvgIpc) is 2.54. The minimum Gasteiger partial charge on any atom is -0.439 e. The Kier molecular flexibility index (Phi) is 1.62. The Morgan fingerprint density at radius 1 is 1.50 bits per heavy atom. The van der Waals surface area contributed by atoms with E-state index < -0.39 is 0 Å². The van der Waals surface area contributed by atoms with Gasteiger partial charge in [-0.1, -0.05) is 0 Å². The first kappa shape index (κ1) is 7.02. The molecule has 0 spiro atoms. The lowest BCUT2D eigenvalue weighted by Gasteiger charge is -2.04. The molecule has 1 fully saturated rings. The number of ether oxygens (including phenoxy) is 1.